The predicted octanol–water partition coefficient (Wildman–Crippen LogP) is 2.93. The highest BCUT2D eigenvalue weighted by Crippen LogP contribution is 2.30. The molecule has 1 heterocycles. The number of aliphatic carboxylic acids is 1. The van der Waals surface area contributed by atoms with Crippen LogP contribution in [0.5, 0.6) is 5.75 Å². The molecule has 0 aliphatic heterocycles. The van der Waals surface area contributed by atoms with Gasteiger partial charge in [-0.3, -0.25) is 4.79 Å². The van der Waals surface area contributed by atoms with Crippen LogP contribution in [0.3, 0.4) is 0 Å². The lowest BCUT2D eigenvalue weighted by molar-refractivity contribution is -0.136. The summed E-state index contributed by atoms with van der Waals surface area (Å²) >= 11 is 1.65. The van der Waals surface area contributed by atoms with Crippen LogP contribution < -0.4 is 4.74 Å². The predicted molar refractivity (Wildman–Crippen MR) is 64.3 cm³/mol. The van der Waals surface area contributed by atoms with Crippen LogP contribution in [-0.4, -0.2) is 18.2 Å². The second kappa shape index (κ2) is 4.53. The molecule has 2 aromatic rings. The molecule has 0 unspecified atom stereocenters. The summed E-state index contributed by atoms with van der Waals surface area (Å²) in [7, 11) is 1.61. The molecule has 0 aliphatic carbocycles. The first kappa shape index (κ1) is 11.0. The normalized spacial score (nSPS) is 10.6. The van der Waals surface area contributed by atoms with Crippen LogP contribution in [0, 0.1) is 0 Å². The summed E-state index contributed by atoms with van der Waals surface area (Å²) in [5, 5.41) is 11.8. The van der Waals surface area contributed by atoms with E-state index in [-0.39, 0.29) is 6.42 Å². The number of fused-ring (bicyclic) bond motifs is 1. The van der Waals surface area contributed by atoms with E-state index in [9.17, 15) is 4.79 Å². The Bertz CT molecular complexity index is 516. The first-order chi connectivity index (χ1) is 7.70. The molecule has 0 bridgehead atoms. The Morgan fingerprint density at radius 2 is 2.31 bits per heavy atom. The molecular weight excluding hydrogens is 224 g/mol. The Hall–Kier alpha value is -1.55. The summed E-state index contributed by atoms with van der Waals surface area (Å²) in [4.78, 5) is 10.5. The molecule has 1 aromatic carbocycles. The fourth-order valence-corrected chi connectivity index (χ4v) is 2.49. The molecule has 4 heteroatoms. The lowest BCUT2D eigenvalue weighted by Crippen LogP contribution is -1.99. The number of carboxylic acids is 1. The van der Waals surface area contributed by atoms with Gasteiger partial charge in [-0.1, -0.05) is 0 Å². The van der Waals surface area contributed by atoms with Crippen LogP contribution in [0.4, 0.5) is 0 Å². The summed E-state index contributed by atoms with van der Waals surface area (Å²) in [6.07, 6.45) is 0.638. The van der Waals surface area contributed by atoms with Gasteiger partial charge in [0.1, 0.15) is 5.75 Å². The number of rotatable bonds is 4. The van der Waals surface area contributed by atoms with Crippen molar-refractivity contribution in [3.8, 4) is 5.75 Å². The highest BCUT2D eigenvalue weighted by atomic mass is 32.1. The van der Waals surface area contributed by atoms with Crippen molar-refractivity contribution in [2.75, 3.05) is 7.11 Å². The lowest BCUT2D eigenvalue weighted by Gasteiger charge is -2.07. The Kier molecular flexibility index (Phi) is 3.10. The van der Waals surface area contributed by atoms with E-state index in [0.29, 0.717) is 6.42 Å². The molecule has 3 nitrogen and oxygen atoms in total. The van der Waals surface area contributed by atoms with Gasteiger partial charge in [0.25, 0.3) is 0 Å². The van der Waals surface area contributed by atoms with Crippen molar-refractivity contribution in [2.24, 2.45) is 0 Å². The molecule has 0 radical (unpaired) electrons. The molecule has 84 valence electrons. The topological polar surface area (TPSA) is 46.5 Å². The van der Waals surface area contributed by atoms with Gasteiger partial charge >= 0.3 is 5.97 Å². The largest absolute Gasteiger partial charge is 0.496 e. The molecule has 2 rings (SSSR count). The Balaban J connectivity index is 2.36. The second-order valence-electron chi connectivity index (χ2n) is 3.52. The minimum absolute atomic E-state index is 0.132. The standard InChI is InChI=1S/C12H12O3S/c1-15-10-6-9-4-5-16-11(9)7-8(10)2-3-12(13)14/h4-7H,2-3H2,1H3,(H,13,14). The molecule has 0 fully saturated rings. The average molecular weight is 236 g/mol. The SMILES string of the molecule is COc1cc2ccsc2cc1CCC(=O)O. The van der Waals surface area contributed by atoms with Crippen LogP contribution in [0.25, 0.3) is 10.1 Å². The van der Waals surface area contributed by atoms with Crippen molar-refractivity contribution < 1.29 is 14.6 Å². The number of methoxy groups -OCH3 is 1. The number of aryl methyl sites for hydroxylation is 1. The monoisotopic (exact) mass is 236 g/mol. The molecule has 0 spiro atoms. The Morgan fingerprint density at radius 3 is 3.00 bits per heavy atom. The van der Waals surface area contributed by atoms with Crippen LogP contribution in [0.15, 0.2) is 23.6 Å². The molecule has 0 aliphatic rings. The summed E-state index contributed by atoms with van der Waals surface area (Å²) in [6.45, 7) is 0. The van der Waals surface area contributed by atoms with Crippen LogP contribution in [0.1, 0.15) is 12.0 Å². The maximum Gasteiger partial charge on any atom is 0.303 e. The summed E-state index contributed by atoms with van der Waals surface area (Å²) in [6, 6.07) is 6.01. The number of carboxylic acid groups (broad SMARTS) is 1. The third-order valence-corrected chi connectivity index (χ3v) is 3.34. The quantitative estimate of drug-likeness (QED) is 0.887. The van der Waals surface area contributed by atoms with Crippen molar-refractivity contribution >= 4 is 27.4 Å². The van der Waals surface area contributed by atoms with Gasteiger partial charge in [-0.25, -0.2) is 0 Å². The van der Waals surface area contributed by atoms with E-state index in [0.717, 1.165) is 16.7 Å². The smallest absolute Gasteiger partial charge is 0.303 e. The molecule has 1 N–H and O–H groups in total. The zero-order valence-corrected chi connectivity index (χ0v) is 9.71. The summed E-state index contributed by atoms with van der Waals surface area (Å²) in [5.41, 5.74) is 0.958. The maximum absolute atomic E-state index is 10.5. The van der Waals surface area contributed by atoms with Crippen molar-refractivity contribution in [2.45, 2.75) is 12.8 Å². The first-order valence-electron chi connectivity index (χ1n) is 4.96. The minimum atomic E-state index is -0.784. The Labute approximate surface area is 97.3 Å². The third kappa shape index (κ3) is 2.17. The number of benzene rings is 1. The van der Waals surface area contributed by atoms with Crippen LogP contribution in [-0.2, 0) is 11.2 Å². The van der Waals surface area contributed by atoms with Gasteiger partial charge in [0.05, 0.1) is 7.11 Å². The van der Waals surface area contributed by atoms with E-state index < -0.39 is 5.97 Å². The van der Waals surface area contributed by atoms with Crippen molar-refractivity contribution in [1.82, 2.24) is 0 Å². The number of hydrogen-bond acceptors (Lipinski definition) is 3. The molecular formula is C12H12O3S. The zero-order chi connectivity index (χ0) is 11.5. The fraction of sp³-hybridized carbons (Fsp3) is 0.250. The molecule has 16 heavy (non-hydrogen) atoms. The van der Waals surface area contributed by atoms with Crippen molar-refractivity contribution in [3.63, 3.8) is 0 Å². The molecule has 0 saturated heterocycles. The highest BCUT2D eigenvalue weighted by Gasteiger charge is 2.08. The molecule has 1 aromatic heterocycles. The fourth-order valence-electron chi connectivity index (χ4n) is 1.66. The number of thiophene rings is 1. The van der Waals surface area contributed by atoms with Crippen LogP contribution in [0.2, 0.25) is 0 Å². The van der Waals surface area contributed by atoms with E-state index in [1.165, 1.54) is 4.70 Å². The number of hydrogen-bond donors (Lipinski definition) is 1. The third-order valence-electron chi connectivity index (χ3n) is 2.46. The lowest BCUT2D eigenvalue weighted by atomic mass is 10.1. The second-order valence-corrected chi connectivity index (χ2v) is 4.46. The summed E-state index contributed by atoms with van der Waals surface area (Å²) < 4.78 is 6.43. The maximum atomic E-state index is 10.5. The van der Waals surface area contributed by atoms with Crippen LogP contribution >= 0.6 is 11.3 Å². The Morgan fingerprint density at radius 1 is 1.50 bits per heavy atom. The average Bonchev–Trinajstić information content (AvgIpc) is 2.71. The van der Waals surface area contributed by atoms with E-state index in [4.69, 9.17) is 9.84 Å². The van der Waals surface area contributed by atoms with E-state index in [2.05, 4.69) is 0 Å². The zero-order valence-electron chi connectivity index (χ0n) is 8.90. The van der Waals surface area contributed by atoms with Crippen molar-refractivity contribution in [1.29, 1.82) is 0 Å². The number of carbonyl (C=O) groups is 1. The molecule has 0 saturated carbocycles. The van der Waals surface area contributed by atoms with E-state index in [1.807, 2.05) is 23.6 Å². The highest BCUT2D eigenvalue weighted by molar-refractivity contribution is 7.17. The van der Waals surface area contributed by atoms with Gasteiger partial charge in [-0.2, -0.15) is 0 Å². The summed E-state index contributed by atoms with van der Waals surface area (Å²) in [5.74, 6) is -0.0134. The molecule has 0 atom stereocenters. The van der Waals surface area contributed by atoms with E-state index >= 15 is 0 Å². The van der Waals surface area contributed by atoms with Gasteiger partial charge in [0, 0.05) is 11.1 Å². The van der Waals surface area contributed by atoms with E-state index in [1.54, 1.807) is 18.4 Å². The first-order valence-corrected chi connectivity index (χ1v) is 5.84. The van der Waals surface area contributed by atoms with Gasteiger partial charge in [0.15, 0.2) is 0 Å². The van der Waals surface area contributed by atoms with Crippen molar-refractivity contribution in [3.05, 3.63) is 29.1 Å². The minimum Gasteiger partial charge on any atom is -0.496 e. The van der Waals surface area contributed by atoms with Gasteiger partial charge in [-0.05, 0) is 40.9 Å². The molecule has 0 amide bonds. The van der Waals surface area contributed by atoms with Gasteiger partial charge in [0.2, 0.25) is 0 Å². The van der Waals surface area contributed by atoms with Gasteiger partial charge < -0.3 is 9.84 Å². The number of ether oxygens (including phenoxy) is 1. The van der Waals surface area contributed by atoms with Gasteiger partial charge in [-0.15, -0.1) is 11.3 Å².